The highest BCUT2D eigenvalue weighted by Crippen LogP contribution is 2.31. The third kappa shape index (κ3) is 2.78. The fraction of sp³-hybridized carbons (Fsp3) is 0.375. The van der Waals surface area contributed by atoms with Crippen molar-refractivity contribution < 1.29 is 9.53 Å². The third-order valence-electron chi connectivity index (χ3n) is 3.91. The summed E-state index contributed by atoms with van der Waals surface area (Å²) in [6.45, 7) is 6.60. The molecule has 0 aliphatic carbocycles. The van der Waals surface area contributed by atoms with Crippen molar-refractivity contribution in [3.63, 3.8) is 0 Å². The first kappa shape index (κ1) is 14.1. The first-order valence-electron chi connectivity index (χ1n) is 6.98. The number of nitrogens with one attached hydrogen (secondary N) is 1. The molecule has 0 fully saturated rings. The average molecular weight is 302 g/mol. The summed E-state index contributed by atoms with van der Waals surface area (Å²) in [6.07, 6.45) is 0.221. The van der Waals surface area contributed by atoms with Crippen molar-refractivity contribution in [3.05, 3.63) is 44.9 Å². The van der Waals surface area contributed by atoms with Crippen LogP contribution in [0.25, 0.3) is 0 Å². The zero-order chi connectivity index (χ0) is 15.0. The molecule has 0 bridgehead atoms. The Bertz CT molecular complexity index is 663. The fourth-order valence-corrected chi connectivity index (χ4v) is 3.15. The van der Waals surface area contributed by atoms with Crippen molar-refractivity contribution in [2.24, 2.45) is 0 Å². The average Bonchev–Trinajstić information content (AvgIpc) is 3.03. The van der Waals surface area contributed by atoms with Gasteiger partial charge in [0.1, 0.15) is 5.75 Å². The summed E-state index contributed by atoms with van der Waals surface area (Å²) in [5.41, 5.74) is 6.31. The number of nitrogens with zero attached hydrogens (tertiary/aromatic N) is 1. The van der Waals surface area contributed by atoms with Gasteiger partial charge in [0.05, 0.1) is 17.7 Å². The van der Waals surface area contributed by atoms with Gasteiger partial charge < -0.3 is 10.1 Å². The van der Waals surface area contributed by atoms with E-state index in [4.69, 9.17) is 4.74 Å². The number of amides is 1. The molecule has 1 aromatic carbocycles. The van der Waals surface area contributed by atoms with E-state index in [9.17, 15) is 4.79 Å². The van der Waals surface area contributed by atoms with Crippen LogP contribution < -0.4 is 10.1 Å². The molecule has 1 aliphatic heterocycles. The molecule has 21 heavy (non-hydrogen) atoms. The van der Waals surface area contributed by atoms with Gasteiger partial charge in [-0.1, -0.05) is 6.07 Å². The van der Waals surface area contributed by atoms with Gasteiger partial charge in [-0.15, -0.1) is 11.3 Å². The topological polar surface area (TPSA) is 51.2 Å². The molecule has 4 nitrogen and oxygen atoms in total. The third-order valence-corrected chi connectivity index (χ3v) is 4.85. The van der Waals surface area contributed by atoms with Crippen molar-refractivity contribution in [3.8, 4) is 5.75 Å². The maximum atomic E-state index is 12.2. The van der Waals surface area contributed by atoms with Crippen LogP contribution in [0, 0.1) is 20.8 Å². The molecule has 0 radical (unpaired) electrons. The van der Waals surface area contributed by atoms with Crippen LogP contribution in [-0.4, -0.2) is 17.0 Å². The van der Waals surface area contributed by atoms with Gasteiger partial charge in [0.25, 0.3) is 5.91 Å². The van der Waals surface area contributed by atoms with Crippen molar-refractivity contribution >= 4 is 17.2 Å². The van der Waals surface area contributed by atoms with Gasteiger partial charge in [0.2, 0.25) is 0 Å². The smallest absolute Gasteiger partial charge is 0.261 e. The molecule has 1 unspecified atom stereocenters. The number of thiazole rings is 1. The van der Waals surface area contributed by atoms with Gasteiger partial charge in [-0.2, -0.15) is 0 Å². The van der Waals surface area contributed by atoms with Crippen LogP contribution >= 0.6 is 11.3 Å². The van der Waals surface area contributed by atoms with E-state index >= 15 is 0 Å². The number of hydrogen-bond acceptors (Lipinski definition) is 4. The minimum Gasteiger partial charge on any atom is -0.480 e. The zero-order valence-corrected chi connectivity index (χ0v) is 13.2. The molecule has 0 saturated heterocycles. The lowest BCUT2D eigenvalue weighted by molar-refractivity contribution is -0.127. The summed E-state index contributed by atoms with van der Waals surface area (Å²) in [5.74, 6) is 0.779. The predicted octanol–water partition coefficient (Wildman–Crippen LogP) is 2.69. The number of hydrogen-bond donors (Lipinski definition) is 1. The monoisotopic (exact) mass is 302 g/mol. The van der Waals surface area contributed by atoms with E-state index in [0.29, 0.717) is 13.0 Å². The normalized spacial score (nSPS) is 16.4. The van der Waals surface area contributed by atoms with Gasteiger partial charge in [0.15, 0.2) is 6.10 Å². The number of fused-ring (bicyclic) bond motifs is 1. The molecule has 1 amide bonds. The molecule has 1 aliphatic rings. The molecule has 0 saturated carbocycles. The Kier molecular flexibility index (Phi) is 3.68. The maximum Gasteiger partial charge on any atom is 0.261 e. The van der Waals surface area contributed by atoms with E-state index in [-0.39, 0.29) is 5.91 Å². The second-order valence-electron chi connectivity index (χ2n) is 5.43. The second-order valence-corrected chi connectivity index (χ2v) is 6.37. The standard InChI is InChI=1S/C16H18N2O2S/c1-9-4-12-6-14(20-13(12)5-10(9)2)16(19)17-7-15-11(3)18-8-21-15/h4-5,8,14H,6-7H2,1-3H3,(H,17,19). The van der Waals surface area contributed by atoms with Crippen molar-refractivity contribution in [1.82, 2.24) is 10.3 Å². The molecule has 2 heterocycles. The number of carbonyl (C=O) groups is 1. The summed E-state index contributed by atoms with van der Waals surface area (Å²) in [5, 5.41) is 2.94. The van der Waals surface area contributed by atoms with Crippen LogP contribution in [0.1, 0.15) is 27.3 Å². The zero-order valence-electron chi connectivity index (χ0n) is 12.4. The van der Waals surface area contributed by atoms with Crippen molar-refractivity contribution in [2.45, 2.75) is 39.8 Å². The molecule has 2 aromatic rings. The van der Waals surface area contributed by atoms with Crippen LogP contribution in [0.3, 0.4) is 0 Å². The van der Waals surface area contributed by atoms with E-state index < -0.39 is 6.10 Å². The Hall–Kier alpha value is -1.88. The number of rotatable bonds is 3. The van der Waals surface area contributed by atoms with Gasteiger partial charge >= 0.3 is 0 Å². The van der Waals surface area contributed by atoms with E-state index in [0.717, 1.165) is 21.9 Å². The highest BCUT2D eigenvalue weighted by atomic mass is 32.1. The Morgan fingerprint density at radius 1 is 1.38 bits per heavy atom. The Morgan fingerprint density at radius 3 is 2.86 bits per heavy atom. The molecule has 1 atom stereocenters. The second kappa shape index (κ2) is 5.48. The van der Waals surface area contributed by atoms with Crippen LogP contribution in [-0.2, 0) is 17.8 Å². The number of carbonyl (C=O) groups excluding carboxylic acids is 1. The predicted molar refractivity (Wildman–Crippen MR) is 82.7 cm³/mol. The molecule has 3 rings (SSSR count). The van der Waals surface area contributed by atoms with Crippen molar-refractivity contribution in [1.29, 1.82) is 0 Å². The fourth-order valence-electron chi connectivity index (χ4n) is 2.44. The van der Waals surface area contributed by atoms with E-state index in [2.05, 4.69) is 30.2 Å². The molecular formula is C16H18N2O2S. The summed E-state index contributed by atoms with van der Waals surface area (Å²) >= 11 is 1.56. The van der Waals surface area contributed by atoms with Crippen LogP contribution in [0.4, 0.5) is 0 Å². The SMILES string of the molecule is Cc1cc2c(cc1C)OC(C(=O)NCc1scnc1C)C2. The lowest BCUT2D eigenvalue weighted by Gasteiger charge is -2.11. The Balaban J connectivity index is 1.64. The minimum atomic E-state index is -0.422. The lowest BCUT2D eigenvalue weighted by atomic mass is 10.0. The summed E-state index contributed by atoms with van der Waals surface area (Å²) in [7, 11) is 0. The highest BCUT2D eigenvalue weighted by molar-refractivity contribution is 7.09. The van der Waals surface area contributed by atoms with Crippen LogP contribution in [0.5, 0.6) is 5.75 Å². The summed E-state index contributed by atoms with van der Waals surface area (Å²) in [6, 6.07) is 4.14. The largest absolute Gasteiger partial charge is 0.480 e. The van der Waals surface area contributed by atoms with Gasteiger partial charge in [-0.05, 0) is 43.5 Å². The minimum absolute atomic E-state index is 0.0608. The molecule has 110 valence electrons. The maximum absolute atomic E-state index is 12.2. The number of aryl methyl sites for hydroxylation is 3. The molecule has 1 N–H and O–H groups in total. The Morgan fingerprint density at radius 2 is 2.14 bits per heavy atom. The number of benzene rings is 1. The van der Waals surface area contributed by atoms with E-state index in [1.54, 1.807) is 16.8 Å². The molecule has 1 aromatic heterocycles. The molecule has 5 heteroatoms. The summed E-state index contributed by atoms with van der Waals surface area (Å²) < 4.78 is 5.78. The van der Waals surface area contributed by atoms with E-state index in [1.807, 2.05) is 13.0 Å². The van der Waals surface area contributed by atoms with E-state index in [1.165, 1.54) is 11.1 Å². The highest BCUT2D eigenvalue weighted by Gasteiger charge is 2.29. The molecule has 0 spiro atoms. The number of aromatic nitrogens is 1. The Labute approximate surface area is 128 Å². The summed E-state index contributed by atoms with van der Waals surface area (Å²) in [4.78, 5) is 17.5. The van der Waals surface area contributed by atoms with Gasteiger partial charge in [-0.3, -0.25) is 4.79 Å². The van der Waals surface area contributed by atoms with Gasteiger partial charge in [-0.25, -0.2) is 4.98 Å². The first-order valence-corrected chi connectivity index (χ1v) is 7.86. The molecular weight excluding hydrogens is 284 g/mol. The van der Waals surface area contributed by atoms with Crippen LogP contribution in [0.15, 0.2) is 17.6 Å². The lowest BCUT2D eigenvalue weighted by Crippen LogP contribution is -2.36. The van der Waals surface area contributed by atoms with Crippen LogP contribution in [0.2, 0.25) is 0 Å². The number of ether oxygens (including phenoxy) is 1. The quantitative estimate of drug-likeness (QED) is 0.948. The first-order chi connectivity index (χ1) is 10.0. The van der Waals surface area contributed by atoms with Crippen molar-refractivity contribution in [2.75, 3.05) is 0 Å². The van der Waals surface area contributed by atoms with Gasteiger partial charge in [0, 0.05) is 11.3 Å².